The third-order valence-electron chi connectivity index (χ3n) is 11.6. The van der Waals surface area contributed by atoms with Gasteiger partial charge in [-0.2, -0.15) is 10.1 Å². The largest absolute Gasteiger partial charge is 0.478 e. The number of rotatable bonds is 10. The number of halogens is 1. The van der Waals surface area contributed by atoms with E-state index < -0.39 is 5.92 Å². The number of nitrogens with zero attached hydrogens (tertiary/aromatic N) is 8. The van der Waals surface area contributed by atoms with Crippen LogP contribution in [-0.2, 0) is 28.5 Å². The lowest BCUT2D eigenvalue weighted by atomic mass is 9.92. The molecule has 3 N–H and O–H groups in total. The summed E-state index contributed by atoms with van der Waals surface area (Å²) in [7, 11) is 4.96. The number of carbonyl (C=O) groups is 4. The molecule has 17 nitrogen and oxygen atoms in total. The first-order valence-electron chi connectivity index (χ1n) is 19.8. The number of fused-ring (bicyclic) bond motifs is 2. The van der Waals surface area contributed by atoms with Gasteiger partial charge in [0.2, 0.25) is 17.8 Å². The number of hydrogen-bond acceptors (Lipinski definition) is 12. The van der Waals surface area contributed by atoms with Gasteiger partial charge in [0, 0.05) is 95.4 Å². The Balaban J connectivity index is 0.840. The fourth-order valence-electron chi connectivity index (χ4n) is 8.21. The molecule has 3 saturated heterocycles. The van der Waals surface area contributed by atoms with E-state index in [9.17, 15) is 24.0 Å². The first-order valence-corrected chi connectivity index (χ1v) is 20.2. The minimum atomic E-state index is -0.495. The second-order valence-corrected chi connectivity index (χ2v) is 15.8. The van der Waals surface area contributed by atoms with Gasteiger partial charge in [-0.25, -0.2) is 4.98 Å². The summed E-state index contributed by atoms with van der Waals surface area (Å²) in [5.74, 6) is 0.148. The average molecular weight is 824 g/mol. The molecule has 8 rings (SSSR count). The van der Waals surface area contributed by atoms with Crippen LogP contribution in [0.5, 0.6) is 5.75 Å². The van der Waals surface area contributed by atoms with E-state index in [1.54, 1.807) is 31.0 Å². The van der Waals surface area contributed by atoms with Crippen LogP contribution in [0.1, 0.15) is 47.7 Å². The summed E-state index contributed by atoms with van der Waals surface area (Å²) < 4.78 is 8.69. The van der Waals surface area contributed by atoms with Gasteiger partial charge in [0.05, 0.1) is 28.8 Å². The van der Waals surface area contributed by atoms with Crippen LogP contribution < -0.4 is 31.1 Å². The maximum atomic E-state index is 13.6. The van der Waals surface area contributed by atoms with Gasteiger partial charge in [0.15, 0.2) is 18.2 Å². The second-order valence-electron chi connectivity index (χ2n) is 15.4. The molecule has 3 aliphatic heterocycles. The molecule has 6 heterocycles. The van der Waals surface area contributed by atoms with Crippen molar-refractivity contribution in [2.75, 3.05) is 69.7 Å². The molecular formula is C41H46ClN11O6. The number of benzene rings is 2. The molecule has 0 spiro atoms. The number of hydrogen-bond donors (Lipinski definition) is 3. The Kier molecular flexibility index (Phi) is 11.2. The van der Waals surface area contributed by atoms with Crippen LogP contribution in [0.4, 0.5) is 17.5 Å². The molecule has 308 valence electrons. The summed E-state index contributed by atoms with van der Waals surface area (Å²) in [4.78, 5) is 78.2. The Labute approximate surface area is 344 Å². The number of likely N-dealkylation sites (tertiary alicyclic amines) is 1. The lowest BCUT2D eigenvalue weighted by Gasteiger charge is -2.39. The van der Waals surface area contributed by atoms with Gasteiger partial charge in [0.1, 0.15) is 5.02 Å². The van der Waals surface area contributed by atoms with Crippen molar-refractivity contribution in [2.45, 2.75) is 31.6 Å². The number of imide groups is 1. The molecule has 2 aromatic carbocycles. The molecule has 3 fully saturated rings. The predicted octanol–water partition coefficient (Wildman–Crippen LogP) is 2.93. The lowest BCUT2D eigenvalue weighted by Crippen LogP contribution is -2.49. The maximum absolute atomic E-state index is 13.6. The van der Waals surface area contributed by atoms with Crippen molar-refractivity contribution >= 4 is 74.5 Å². The first-order chi connectivity index (χ1) is 28.4. The molecule has 0 saturated carbocycles. The van der Waals surface area contributed by atoms with E-state index in [0.29, 0.717) is 64.7 Å². The molecule has 5 aromatic rings. The third kappa shape index (κ3) is 8.29. The Morgan fingerprint density at radius 3 is 2.47 bits per heavy atom. The number of nitrogens with one attached hydrogen (secondary N) is 3. The molecule has 1 atom stereocenters. The summed E-state index contributed by atoms with van der Waals surface area (Å²) in [5.41, 5.74) is 3.06. The summed E-state index contributed by atoms with van der Waals surface area (Å²) in [6, 6.07) is 12.7. The van der Waals surface area contributed by atoms with Crippen molar-refractivity contribution in [3.8, 4) is 5.75 Å². The normalized spacial score (nSPS) is 18.0. The van der Waals surface area contributed by atoms with Crippen LogP contribution in [-0.4, -0.2) is 117 Å². The number of amides is 4. The van der Waals surface area contributed by atoms with E-state index in [-0.39, 0.29) is 48.0 Å². The minimum Gasteiger partial charge on any atom is -0.478 e. The SMILES string of the molecule is CNC(=O)COc1cc2cc(Nc3nc(N4CCN(CC5CCN(C(=O)c6ccc7c(C8CCC(=O)NC8=O)nn(C)c7c6)CC5)CC4)ncc3Cl)ccc2n(C)c1=O. The van der Waals surface area contributed by atoms with Gasteiger partial charge < -0.3 is 29.7 Å². The number of piperidine rings is 2. The topological polar surface area (TPSA) is 189 Å². The Morgan fingerprint density at radius 2 is 1.73 bits per heavy atom. The number of anilines is 3. The molecule has 1 unspecified atom stereocenters. The third-order valence-corrected chi connectivity index (χ3v) is 11.9. The highest BCUT2D eigenvalue weighted by Crippen LogP contribution is 2.32. The van der Waals surface area contributed by atoms with Gasteiger partial charge in [-0.15, -0.1) is 0 Å². The minimum absolute atomic E-state index is 0.00895. The van der Waals surface area contributed by atoms with Gasteiger partial charge in [-0.1, -0.05) is 17.7 Å². The van der Waals surface area contributed by atoms with E-state index in [0.717, 1.165) is 61.9 Å². The highest BCUT2D eigenvalue weighted by atomic mass is 35.5. The van der Waals surface area contributed by atoms with Gasteiger partial charge in [-0.3, -0.25) is 38.9 Å². The number of carbonyl (C=O) groups excluding carboxylic acids is 4. The smallest absolute Gasteiger partial charge is 0.293 e. The Hall–Kier alpha value is -6.07. The standard InChI is InChI=1S/C41H46ClN11O6/c1-43-35(55)23-59-33-20-26-18-27(5-8-31(26)49(2)40(33)58)45-37-30(42)21-44-41(47-37)53-16-14-51(15-17-53)22-24-10-12-52(13-11-24)39(57)25-4-6-28-32(19-25)50(3)48-36(28)29-7-9-34(54)46-38(29)56/h4-6,8,18-21,24,29H,7,9-17,22-23H2,1-3H3,(H,43,55)(H,44,45,47)(H,46,54,56). The van der Waals surface area contributed by atoms with E-state index in [4.69, 9.17) is 21.3 Å². The average Bonchev–Trinajstić information content (AvgIpc) is 3.57. The van der Waals surface area contributed by atoms with E-state index >= 15 is 0 Å². The van der Waals surface area contributed by atoms with Crippen LogP contribution in [0.2, 0.25) is 5.02 Å². The van der Waals surface area contributed by atoms with Crippen LogP contribution in [0.25, 0.3) is 21.8 Å². The number of likely N-dealkylation sites (N-methyl/N-ethyl adjacent to an activating group) is 1. The fourth-order valence-corrected chi connectivity index (χ4v) is 8.35. The molecule has 0 radical (unpaired) electrons. The zero-order valence-corrected chi connectivity index (χ0v) is 33.9. The predicted molar refractivity (Wildman–Crippen MR) is 222 cm³/mol. The number of aryl methyl sites for hydroxylation is 2. The molecule has 0 aliphatic carbocycles. The lowest BCUT2D eigenvalue weighted by molar-refractivity contribution is -0.134. The van der Waals surface area contributed by atoms with Crippen molar-refractivity contribution in [1.82, 2.24) is 44.7 Å². The van der Waals surface area contributed by atoms with Crippen molar-refractivity contribution < 1.29 is 23.9 Å². The molecule has 18 heteroatoms. The quantitative estimate of drug-likeness (QED) is 0.175. The van der Waals surface area contributed by atoms with Crippen molar-refractivity contribution in [1.29, 1.82) is 0 Å². The molecule has 59 heavy (non-hydrogen) atoms. The van der Waals surface area contributed by atoms with Crippen molar-refractivity contribution in [2.24, 2.45) is 20.0 Å². The van der Waals surface area contributed by atoms with Crippen LogP contribution in [0.15, 0.2) is 53.5 Å². The van der Waals surface area contributed by atoms with Crippen LogP contribution >= 0.6 is 11.6 Å². The zero-order valence-electron chi connectivity index (χ0n) is 33.2. The van der Waals surface area contributed by atoms with E-state index in [1.165, 1.54) is 11.6 Å². The molecular weight excluding hydrogens is 778 g/mol. The number of pyridine rings is 1. The molecule has 3 aliphatic rings. The van der Waals surface area contributed by atoms with Crippen molar-refractivity contribution in [3.63, 3.8) is 0 Å². The van der Waals surface area contributed by atoms with E-state index in [2.05, 4.69) is 35.8 Å². The van der Waals surface area contributed by atoms with E-state index in [1.807, 2.05) is 41.3 Å². The van der Waals surface area contributed by atoms with Crippen LogP contribution in [0.3, 0.4) is 0 Å². The Bertz CT molecular complexity index is 2520. The summed E-state index contributed by atoms with van der Waals surface area (Å²) in [6.45, 7) is 5.28. The molecule has 3 aromatic heterocycles. The molecule has 4 amide bonds. The second kappa shape index (κ2) is 16.7. The summed E-state index contributed by atoms with van der Waals surface area (Å²) >= 11 is 6.55. The summed E-state index contributed by atoms with van der Waals surface area (Å²) in [6.07, 6.45) is 4.13. The van der Waals surface area contributed by atoms with Gasteiger partial charge in [-0.05, 0) is 61.6 Å². The number of piperazine rings is 1. The fraction of sp³-hybridized carbons (Fsp3) is 0.415. The molecule has 0 bridgehead atoms. The first kappa shape index (κ1) is 39.7. The summed E-state index contributed by atoms with van der Waals surface area (Å²) in [5, 5.41) is 14.7. The number of ether oxygens (including phenoxy) is 1. The van der Waals surface area contributed by atoms with Crippen molar-refractivity contribution in [3.05, 3.63) is 75.3 Å². The Morgan fingerprint density at radius 1 is 0.949 bits per heavy atom. The maximum Gasteiger partial charge on any atom is 0.293 e. The van der Waals surface area contributed by atoms with Gasteiger partial charge >= 0.3 is 0 Å². The monoisotopic (exact) mass is 823 g/mol. The highest BCUT2D eigenvalue weighted by molar-refractivity contribution is 6.33. The van der Waals surface area contributed by atoms with Crippen LogP contribution in [0, 0.1) is 5.92 Å². The zero-order chi connectivity index (χ0) is 41.4. The number of aromatic nitrogens is 5. The highest BCUT2D eigenvalue weighted by Gasteiger charge is 2.32. The van der Waals surface area contributed by atoms with Gasteiger partial charge in [0.25, 0.3) is 17.4 Å².